The number of aliphatic carboxylic acids is 9. The zero-order chi connectivity index (χ0) is 70.5. The van der Waals surface area contributed by atoms with Gasteiger partial charge in [0.2, 0.25) is 0 Å². The van der Waals surface area contributed by atoms with E-state index in [1.54, 1.807) is 44.1 Å². The molecule has 0 bridgehead atoms. The van der Waals surface area contributed by atoms with Gasteiger partial charge in [-0.1, -0.05) is 0 Å². The molecule has 3 saturated heterocycles. The van der Waals surface area contributed by atoms with Crippen LogP contribution >= 0.6 is 0 Å². The van der Waals surface area contributed by atoms with Crippen LogP contribution in [0.15, 0.2) is 18.2 Å². The lowest BCUT2D eigenvalue weighted by atomic mass is 10.0. The van der Waals surface area contributed by atoms with E-state index in [1.165, 1.54) is 18.2 Å². The van der Waals surface area contributed by atoms with E-state index in [2.05, 4.69) is 16.0 Å². The van der Waals surface area contributed by atoms with Crippen LogP contribution in [0, 0.1) is 0 Å². The van der Waals surface area contributed by atoms with Gasteiger partial charge in [0.15, 0.2) is 0 Å². The number of hydrogen-bond donors (Lipinski definition) is 12. The van der Waals surface area contributed by atoms with Crippen molar-refractivity contribution in [1.82, 2.24) is 74.7 Å². The van der Waals surface area contributed by atoms with Crippen LogP contribution in [0.5, 0.6) is 0 Å². The lowest BCUT2D eigenvalue weighted by Gasteiger charge is -2.33. The number of benzene rings is 1. The maximum atomic E-state index is 14.1. The molecule has 3 amide bonds. The molecule has 3 fully saturated rings. The van der Waals surface area contributed by atoms with Crippen molar-refractivity contribution < 1.29 is 103 Å². The van der Waals surface area contributed by atoms with Crippen molar-refractivity contribution in [2.24, 2.45) is 0 Å². The first kappa shape index (κ1) is 80.8. The molecule has 0 atom stereocenters. The standard InChI is InChI=1S/C60H99N15O21/c76-49(77)37-67-16-10-64(11-17-68(38-50(78)79)23-29-73(28-22-67)43-55(88)89)7-1-4-61-58(94)46-34-47(59(95)62-5-2-8-65-12-18-69(39-51(80)81)24-30-74(44-56(90)91)31-25-70(19-13-65)40-52(82)83)36-48(35-46)60(96)63-6-3-9-66-14-20-71(41-53(84)85)26-32-75(45-57(92)93)33-27-72(21-15-66)42-54(86)87/h34-36H,1-33,37-45H2,(H,61,94)(H,62,95)(H,63,96)(H,76,77)(H,78,79)(H,80,81)(H,82,83)(H,84,85)(H,86,87)(H,88,89)(H,90,91)(H,92,93). The Morgan fingerprint density at radius 1 is 0.229 bits per heavy atom. The van der Waals surface area contributed by atoms with Crippen molar-refractivity contribution in [2.75, 3.05) is 255 Å². The quantitative estimate of drug-likeness (QED) is 0.0292. The number of carboxylic acid groups (broad SMARTS) is 9. The first-order valence-corrected chi connectivity index (χ1v) is 32.3. The highest BCUT2D eigenvalue weighted by Gasteiger charge is 2.26. The summed E-state index contributed by atoms with van der Waals surface area (Å²) in [6, 6.07) is 4.02. The van der Waals surface area contributed by atoms with Crippen LogP contribution in [0.2, 0.25) is 0 Å². The van der Waals surface area contributed by atoms with Crippen LogP contribution in [0.3, 0.4) is 0 Å². The summed E-state index contributed by atoms with van der Waals surface area (Å²) in [7, 11) is 0. The van der Waals surface area contributed by atoms with Crippen LogP contribution in [0.1, 0.15) is 50.3 Å². The van der Waals surface area contributed by atoms with Crippen molar-refractivity contribution in [3.05, 3.63) is 34.9 Å². The van der Waals surface area contributed by atoms with Gasteiger partial charge >= 0.3 is 53.7 Å². The molecule has 0 spiro atoms. The molecular formula is C60H99N15O21. The molecule has 4 rings (SSSR count). The molecule has 0 radical (unpaired) electrons. The number of amides is 3. The molecule has 3 heterocycles. The summed E-state index contributed by atoms with van der Waals surface area (Å²) in [6.07, 6.45) is 1.08. The molecule has 1 aromatic carbocycles. The fourth-order valence-corrected chi connectivity index (χ4v) is 11.4. The lowest BCUT2D eigenvalue weighted by molar-refractivity contribution is -0.140. The minimum Gasteiger partial charge on any atom is -0.480 e. The van der Waals surface area contributed by atoms with Gasteiger partial charge < -0.3 is 76.6 Å². The number of nitrogens with one attached hydrogen (secondary N) is 3. The predicted molar refractivity (Wildman–Crippen MR) is 343 cm³/mol. The summed E-state index contributed by atoms with van der Waals surface area (Å²) < 4.78 is 0. The van der Waals surface area contributed by atoms with E-state index >= 15 is 0 Å². The van der Waals surface area contributed by atoms with Crippen molar-refractivity contribution in [3.63, 3.8) is 0 Å². The normalized spacial score (nSPS) is 18.8. The Hall–Kier alpha value is -7.62. The highest BCUT2D eigenvalue weighted by atomic mass is 16.4. The Bertz CT molecular complexity index is 2330. The molecule has 3 aliphatic rings. The van der Waals surface area contributed by atoms with Crippen LogP contribution < -0.4 is 16.0 Å². The Kier molecular flexibility index (Phi) is 37.3. The molecule has 0 unspecified atom stereocenters. The van der Waals surface area contributed by atoms with Gasteiger partial charge in [0.25, 0.3) is 17.7 Å². The maximum Gasteiger partial charge on any atom is 0.317 e. The van der Waals surface area contributed by atoms with Crippen molar-refractivity contribution in [3.8, 4) is 0 Å². The Balaban J connectivity index is 1.53. The molecule has 0 aliphatic carbocycles. The first-order chi connectivity index (χ1) is 45.7. The highest BCUT2D eigenvalue weighted by molar-refractivity contribution is 6.04. The third kappa shape index (κ3) is 35.4. The lowest BCUT2D eigenvalue weighted by Crippen LogP contribution is -2.48. The summed E-state index contributed by atoms with van der Waals surface area (Å²) in [5.74, 6) is -11.5. The van der Waals surface area contributed by atoms with E-state index < -0.39 is 71.4 Å². The number of rotatable bonds is 33. The number of nitrogens with zero attached hydrogens (tertiary/aromatic N) is 12. The van der Waals surface area contributed by atoms with Crippen LogP contribution in [-0.2, 0) is 43.2 Å². The van der Waals surface area contributed by atoms with E-state index in [-0.39, 0.29) is 213 Å². The van der Waals surface area contributed by atoms with Crippen molar-refractivity contribution in [2.45, 2.75) is 19.3 Å². The summed E-state index contributed by atoms with van der Waals surface area (Å²) >= 11 is 0. The summed E-state index contributed by atoms with van der Waals surface area (Å²) in [5, 5.41) is 95.3. The largest absolute Gasteiger partial charge is 0.480 e. The minimum absolute atomic E-state index is 0.0332. The topological polar surface area (TPSA) is 462 Å². The molecule has 540 valence electrons. The van der Waals surface area contributed by atoms with Gasteiger partial charge in [0, 0.05) is 193 Å². The van der Waals surface area contributed by atoms with Crippen LogP contribution in [0.25, 0.3) is 0 Å². The maximum absolute atomic E-state index is 14.1. The average Bonchev–Trinajstić information content (AvgIpc) is 0.871. The van der Waals surface area contributed by atoms with Gasteiger partial charge in [0.1, 0.15) is 0 Å². The molecule has 36 nitrogen and oxygen atoms in total. The second kappa shape index (κ2) is 44.3. The molecule has 0 saturated carbocycles. The third-order valence-electron chi connectivity index (χ3n) is 16.5. The Morgan fingerprint density at radius 2 is 0.354 bits per heavy atom. The Morgan fingerprint density at radius 3 is 0.479 bits per heavy atom. The molecule has 36 heteroatoms. The third-order valence-corrected chi connectivity index (χ3v) is 16.5. The zero-order valence-electron chi connectivity index (χ0n) is 54.7. The van der Waals surface area contributed by atoms with Crippen LogP contribution in [-0.4, -0.2) is 431 Å². The van der Waals surface area contributed by atoms with Crippen LogP contribution in [0.4, 0.5) is 0 Å². The number of carbonyl (C=O) groups is 12. The number of carboxylic acids is 9. The molecule has 3 aliphatic heterocycles. The van der Waals surface area contributed by atoms with Gasteiger partial charge in [-0.15, -0.1) is 0 Å². The van der Waals surface area contributed by atoms with Gasteiger partial charge in [-0.25, -0.2) is 0 Å². The number of hydrogen-bond acceptors (Lipinski definition) is 24. The monoisotopic (exact) mass is 1370 g/mol. The van der Waals surface area contributed by atoms with E-state index in [0.29, 0.717) is 78.2 Å². The van der Waals surface area contributed by atoms with Crippen molar-refractivity contribution >= 4 is 71.4 Å². The van der Waals surface area contributed by atoms with E-state index in [1.807, 2.05) is 14.7 Å². The molecular weight excluding hydrogens is 1270 g/mol. The smallest absolute Gasteiger partial charge is 0.317 e. The van der Waals surface area contributed by atoms with E-state index in [0.717, 1.165) is 0 Å². The minimum atomic E-state index is -1.08. The molecule has 96 heavy (non-hydrogen) atoms. The van der Waals surface area contributed by atoms with E-state index in [9.17, 15) is 103 Å². The summed E-state index contributed by atoms with van der Waals surface area (Å²) in [4.78, 5) is 170. The zero-order valence-corrected chi connectivity index (χ0v) is 54.7. The second-order valence-electron chi connectivity index (χ2n) is 24.2. The molecule has 12 N–H and O–H groups in total. The SMILES string of the molecule is O=C(O)CN1CCN(CCCNC(=O)c2cc(C(=O)NCCCN3CCN(CC(=O)O)CCN(CC(=O)O)CCN(CC(=O)O)CC3)cc(C(=O)NCCCN3CCN(CC(=O)O)CCN(CC(=O)O)CCN(CC(=O)O)CC3)c2)CCN(CC(=O)O)CCN(CC(=O)O)CC1. The van der Waals surface area contributed by atoms with Gasteiger partial charge in [0.05, 0.1) is 58.9 Å². The van der Waals surface area contributed by atoms with Gasteiger partial charge in [-0.2, -0.15) is 0 Å². The first-order valence-electron chi connectivity index (χ1n) is 32.3. The fourth-order valence-electron chi connectivity index (χ4n) is 11.4. The van der Waals surface area contributed by atoms with Crippen molar-refractivity contribution in [1.29, 1.82) is 0 Å². The number of carbonyl (C=O) groups excluding carboxylic acids is 3. The Labute approximate surface area is 557 Å². The van der Waals surface area contributed by atoms with E-state index in [4.69, 9.17) is 0 Å². The molecule has 0 aromatic heterocycles. The summed E-state index contributed by atoms with van der Waals surface area (Å²) in [5.41, 5.74) is -0.0995. The molecule has 1 aromatic rings. The van der Waals surface area contributed by atoms with Gasteiger partial charge in [-0.05, 0) is 57.1 Å². The predicted octanol–water partition coefficient (Wildman–Crippen LogP) is -5.53. The second-order valence-corrected chi connectivity index (χ2v) is 24.2. The highest BCUT2D eigenvalue weighted by Crippen LogP contribution is 2.14. The summed E-state index contributed by atoms with van der Waals surface area (Å²) in [6.45, 7) is 5.26. The van der Waals surface area contributed by atoms with Gasteiger partial charge in [-0.3, -0.25) is 102 Å². The average molecular weight is 1370 g/mol. The fraction of sp³-hybridized carbons (Fsp3) is 0.700.